The summed E-state index contributed by atoms with van der Waals surface area (Å²) in [7, 11) is 0. The highest BCUT2D eigenvalue weighted by atomic mass is 15.3. The van der Waals surface area contributed by atoms with Crippen molar-refractivity contribution in [1.29, 1.82) is 0 Å². The minimum absolute atomic E-state index is 0.245. The normalized spacial score (nSPS) is 21.4. The Balaban J connectivity index is 1.95. The summed E-state index contributed by atoms with van der Waals surface area (Å²) in [4.78, 5) is 0. The predicted molar refractivity (Wildman–Crippen MR) is 70.9 cm³/mol. The fourth-order valence-electron chi connectivity index (χ4n) is 2.55. The van der Waals surface area contributed by atoms with E-state index in [4.69, 9.17) is 10.8 Å². The molecule has 96 valence electrons. The van der Waals surface area contributed by atoms with E-state index < -0.39 is 0 Å². The van der Waals surface area contributed by atoms with Crippen LogP contribution in [0.2, 0.25) is 0 Å². The molecule has 0 aliphatic heterocycles. The van der Waals surface area contributed by atoms with E-state index in [1.807, 2.05) is 0 Å². The number of aromatic nitrogens is 2. The van der Waals surface area contributed by atoms with Crippen LogP contribution in [0.4, 0.5) is 0 Å². The van der Waals surface area contributed by atoms with Crippen LogP contribution >= 0.6 is 0 Å². The van der Waals surface area contributed by atoms with E-state index in [0.717, 1.165) is 6.42 Å². The molecule has 2 rings (SSSR count). The van der Waals surface area contributed by atoms with Gasteiger partial charge in [-0.1, -0.05) is 26.2 Å². The number of hydrogen-bond acceptors (Lipinski definition) is 2. The lowest BCUT2D eigenvalue weighted by Crippen LogP contribution is -2.26. The Bertz CT molecular complexity index is 337. The summed E-state index contributed by atoms with van der Waals surface area (Å²) in [6.45, 7) is 4.27. The first-order chi connectivity index (χ1) is 8.16. The van der Waals surface area contributed by atoms with Gasteiger partial charge in [0.15, 0.2) is 0 Å². The molecule has 0 aromatic carbocycles. The van der Waals surface area contributed by atoms with Crippen molar-refractivity contribution in [2.75, 3.05) is 0 Å². The summed E-state index contributed by atoms with van der Waals surface area (Å²) >= 11 is 0. The molecule has 3 heteroatoms. The second kappa shape index (κ2) is 5.67. The maximum absolute atomic E-state index is 5.90. The maximum atomic E-state index is 5.90. The highest BCUT2D eigenvalue weighted by molar-refractivity contribution is 5.01. The van der Waals surface area contributed by atoms with E-state index in [1.165, 1.54) is 37.8 Å². The average Bonchev–Trinajstić information content (AvgIpc) is 2.78. The van der Waals surface area contributed by atoms with Crippen molar-refractivity contribution >= 4 is 0 Å². The molecular weight excluding hydrogens is 210 g/mol. The fourth-order valence-corrected chi connectivity index (χ4v) is 2.55. The Labute approximate surface area is 104 Å². The third kappa shape index (κ3) is 3.32. The second-order valence-corrected chi connectivity index (χ2v) is 5.62. The van der Waals surface area contributed by atoms with Gasteiger partial charge in [0, 0.05) is 12.2 Å². The lowest BCUT2D eigenvalue weighted by atomic mass is 9.96. The SMILES string of the molecule is CC(N)C(C)Cc1ccn(C2CCCCC2)n1. The largest absolute Gasteiger partial charge is 0.328 e. The van der Waals surface area contributed by atoms with E-state index in [0.29, 0.717) is 12.0 Å². The maximum Gasteiger partial charge on any atom is 0.0627 e. The molecule has 2 unspecified atom stereocenters. The van der Waals surface area contributed by atoms with Crippen LogP contribution in [0.1, 0.15) is 57.7 Å². The molecule has 1 fully saturated rings. The number of hydrogen-bond donors (Lipinski definition) is 1. The molecule has 1 aliphatic carbocycles. The van der Waals surface area contributed by atoms with Crippen molar-refractivity contribution in [2.45, 2.75) is 64.5 Å². The molecule has 1 heterocycles. The first kappa shape index (κ1) is 12.6. The first-order valence-electron chi connectivity index (χ1n) is 6.96. The third-order valence-corrected chi connectivity index (χ3v) is 4.04. The summed E-state index contributed by atoms with van der Waals surface area (Å²) in [5, 5.41) is 4.72. The predicted octanol–water partition coefficient (Wildman–Crippen LogP) is 2.91. The minimum Gasteiger partial charge on any atom is -0.328 e. The molecule has 2 N–H and O–H groups in total. The molecule has 17 heavy (non-hydrogen) atoms. The zero-order valence-corrected chi connectivity index (χ0v) is 11.1. The molecule has 2 atom stereocenters. The molecule has 0 radical (unpaired) electrons. The molecule has 0 spiro atoms. The molecular formula is C14H25N3. The topological polar surface area (TPSA) is 43.8 Å². The molecule has 3 nitrogen and oxygen atoms in total. The van der Waals surface area contributed by atoms with E-state index in [9.17, 15) is 0 Å². The van der Waals surface area contributed by atoms with Gasteiger partial charge in [0.1, 0.15) is 0 Å². The van der Waals surface area contributed by atoms with Crippen molar-refractivity contribution < 1.29 is 0 Å². The van der Waals surface area contributed by atoms with Crippen molar-refractivity contribution in [3.63, 3.8) is 0 Å². The number of rotatable bonds is 4. The van der Waals surface area contributed by atoms with Gasteiger partial charge in [0.2, 0.25) is 0 Å². The summed E-state index contributed by atoms with van der Waals surface area (Å²) in [6, 6.07) is 3.05. The smallest absolute Gasteiger partial charge is 0.0627 e. The molecule has 0 saturated heterocycles. The zero-order valence-electron chi connectivity index (χ0n) is 11.1. The van der Waals surface area contributed by atoms with Crippen molar-refractivity contribution in [2.24, 2.45) is 11.7 Å². The zero-order chi connectivity index (χ0) is 12.3. The fraction of sp³-hybridized carbons (Fsp3) is 0.786. The quantitative estimate of drug-likeness (QED) is 0.872. The minimum atomic E-state index is 0.245. The van der Waals surface area contributed by atoms with Crippen molar-refractivity contribution in [3.8, 4) is 0 Å². The summed E-state index contributed by atoms with van der Waals surface area (Å²) in [5.74, 6) is 0.504. The standard InChI is InChI=1S/C14H25N3/c1-11(12(2)15)10-13-8-9-17(16-13)14-6-4-3-5-7-14/h8-9,11-12,14H,3-7,10,15H2,1-2H3. The number of nitrogens with zero attached hydrogens (tertiary/aromatic N) is 2. The number of nitrogens with two attached hydrogens (primary N) is 1. The molecule has 1 saturated carbocycles. The van der Waals surface area contributed by atoms with Gasteiger partial charge in [-0.25, -0.2) is 0 Å². The van der Waals surface area contributed by atoms with Gasteiger partial charge in [-0.2, -0.15) is 5.10 Å². The molecule has 1 aromatic heterocycles. The Morgan fingerprint density at radius 2 is 2.06 bits per heavy atom. The summed E-state index contributed by atoms with van der Waals surface area (Å²) in [6.07, 6.45) is 9.85. The Morgan fingerprint density at radius 1 is 1.35 bits per heavy atom. The van der Waals surface area contributed by atoms with Gasteiger partial charge in [-0.05, 0) is 38.2 Å². The van der Waals surface area contributed by atoms with Crippen LogP contribution in [0.25, 0.3) is 0 Å². The van der Waals surface area contributed by atoms with Gasteiger partial charge >= 0.3 is 0 Å². The summed E-state index contributed by atoms with van der Waals surface area (Å²) in [5.41, 5.74) is 7.09. The van der Waals surface area contributed by atoms with Gasteiger partial charge in [0.05, 0.1) is 11.7 Å². The van der Waals surface area contributed by atoms with Crippen LogP contribution in [0.5, 0.6) is 0 Å². The van der Waals surface area contributed by atoms with Crippen molar-refractivity contribution in [1.82, 2.24) is 9.78 Å². The van der Waals surface area contributed by atoms with E-state index in [1.54, 1.807) is 0 Å². The molecule has 1 aromatic rings. The third-order valence-electron chi connectivity index (χ3n) is 4.04. The lowest BCUT2D eigenvalue weighted by molar-refractivity contribution is 0.327. The van der Waals surface area contributed by atoms with Crippen molar-refractivity contribution in [3.05, 3.63) is 18.0 Å². The van der Waals surface area contributed by atoms with Crippen LogP contribution in [-0.2, 0) is 6.42 Å². The monoisotopic (exact) mass is 235 g/mol. The lowest BCUT2D eigenvalue weighted by Gasteiger charge is -2.22. The van der Waals surface area contributed by atoms with E-state index in [-0.39, 0.29) is 6.04 Å². The molecule has 0 bridgehead atoms. The Kier molecular flexibility index (Phi) is 4.21. The van der Waals surface area contributed by atoms with E-state index in [2.05, 4.69) is 30.8 Å². The van der Waals surface area contributed by atoms with E-state index >= 15 is 0 Å². The Morgan fingerprint density at radius 3 is 2.71 bits per heavy atom. The van der Waals surface area contributed by atoms with Crippen LogP contribution in [0, 0.1) is 5.92 Å². The van der Waals surface area contributed by atoms with Gasteiger partial charge in [0.25, 0.3) is 0 Å². The first-order valence-corrected chi connectivity index (χ1v) is 6.96. The van der Waals surface area contributed by atoms with Crippen LogP contribution in [-0.4, -0.2) is 15.8 Å². The van der Waals surface area contributed by atoms with Crippen LogP contribution < -0.4 is 5.73 Å². The van der Waals surface area contributed by atoms with Crippen LogP contribution in [0.3, 0.4) is 0 Å². The molecule has 1 aliphatic rings. The summed E-state index contributed by atoms with van der Waals surface area (Å²) < 4.78 is 2.18. The molecule has 0 amide bonds. The highest BCUT2D eigenvalue weighted by Gasteiger charge is 2.17. The Hall–Kier alpha value is -0.830. The van der Waals surface area contributed by atoms with Gasteiger partial charge < -0.3 is 5.73 Å². The van der Waals surface area contributed by atoms with Gasteiger partial charge in [-0.3, -0.25) is 4.68 Å². The van der Waals surface area contributed by atoms with Gasteiger partial charge in [-0.15, -0.1) is 0 Å². The van der Waals surface area contributed by atoms with Crippen LogP contribution in [0.15, 0.2) is 12.3 Å². The highest BCUT2D eigenvalue weighted by Crippen LogP contribution is 2.27. The second-order valence-electron chi connectivity index (χ2n) is 5.62. The average molecular weight is 235 g/mol.